The van der Waals surface area contributed by atoms with E-state index in [1.165, 1.54) is 0 Å². The molecule has 3 heterocycles. The number of halogens is 1. The predicted molar refractivity (Wildman–Crippen MR) is 89.7 cm³/mol. The van der Waals surface area contributed by atoms with E-state index >= 15 is 0 Å². The number of benzene rings is 1. The highest BCUT2D eigenvalue weighted by molar-refractivity contribution is 7.99. The van der Waals surface area contributed by atoms with Crippen LogP contribution in [0.15, 0.2) is 46.6 Å². The van der Waals surface area contributed by atoms with Gasteiger partial charge in [0.1, 0.15) is 23.1 Å². The Kier molecular flexibility index (Phi) is 4.20. The monoisotopic (exact) mass is 346 g/mol. The minimum Gasteiger partial charge on any atom is -0.358 e. The zero-order chi connectivity index (χ0) is 15.6. The van der Waals surface area contributed by atoms with E-state index < -0.39 is 0 Å². The average Bonchev–Trinajstić information content (AvgIpc) is 2.94. The third-order valence-electron chi connectivity index (χ3n) is 3.80. The molecular formula is C16H15ClN4OS. The Morgan fingerprint density at radius 1 is 1.17 bits per heavy atom. The Hall–Kier alpha value is -1.63. The molecule has 1 aromatic carbocycles. The third kappa shape index (κ3) is 2.94. The molecule has 1 aliphatic heterocycles. The summed E-state index contributed by atoms with van der Waals surface area (Å²) in [5.41, 5.74) is 1.45. The zero-order valence-corrected chi connectivity index (χ0v) is 13.9. The Balaban J connectivity index is 1.76. The zero-order valence-electron chi connectivity index (χ0n) is 12.4. The first kappa shape index (κ1) is 14.9. The fraction of sp³-hybridized carbons (Fsp3) is 0.312. The van der Waals surface area contributed by atoms with Gasteiger partial charge in [0.15, 0.2) is 5.65 Å². The smallest absolute Gasteiger partial charge is 0.207 e. The molecule has 2 aromatic heterocycles. The molecular weight excluding hydrogens is 332 g/mol. The lowest BCUT2D eigenvalue weighted by Crippen LogP contribution is -2.18. The third-order valence-corrected chi connectivity index (χ3v) is 5.07. The van der Waals surface area contributed by atoms with Crippen molar-refractivity contribution in [2.75, 3.05) is 6.61 Å². The van der Waals surface area contributed by atoms with Crippen LogP contribution < -0.4 is 0 Å². The summed E-state index contributed by atoms with van der Waals surface area (Å²) in [4.78, 5) is 14.4. The molecule has 4 rings (SSSR count). The van der Waals surface area contributed by atoms with Gasteiger partial charge in [0.25, 0.3) is 0 Å². The highest BCUT2D eigenvalue weighted by Gasteiger charge is 2.23. The van der Waals surface area contributed by atoms with Crippen LogP contribution in [0.25, 0.3) is 11.2 Å². The molecule has 0 N–H and O–H groups in total. The number of hydrogen-bond donors (Lipinski definition) is 0. The molecule has 7 heteroatoms. The van der Waals surface area contributed by atoms with Gasteiger partial charge in [-0.05, 0) is 43.0 Å². The first-order valence-electron chi connectivity index (χ1n) is 7.56. The molecule has 0 radical (unpaired) electrons. The van der Waals surface area contributed by atoms with E-state index in [1.54, 1.807) is 18.1 Å². The van der Waals surface area contributed by atoms with Gasteiger partial charge in [0, 0.05) is 11.5 Å². The van der Waals surface area contributed by atoms with E-state index in [-0.39, 0.29) is 6.23 Å². The second-order valence-electron chi connectivity index (χ2n) is 5.34. The molecule has 0 saturated carbocycles. The highest BCUT2D eigenvalue weighted by atomic mass is 35.5. The fourth-order valence-electron chi connectivity index (χ4n) is 2.72. The van der Waals surface area contributed by atoms with Crippen LogP contribution in [-0.4, -0.2) is 26.1 Å². The Bertz CT molecular complexity index is 818. The van der Waals surface area contributed by atoms with Gasteiger partial charge < -0.3 is 4.74 Å². The number of hydrogen-bond acceptors (Lipinski definition) is 5. The topological polar surface area (TPSA) is 52.8 Å². The van der Waals surface area contributed by atoms with Crippen LogP contribution in [0.3, 0.4) is 0 Å². The van der Waals surface area contributed by atoms with Gasteiger partial charge >= 0.3 is 0 Å². The molecule has 0 amide bonds. The van der Waals surface area contributed by atoms with Gasteiger partial charge in [-0.3, -0.25) is 4.57 Å². The first-order valence-corrected chi connectivity index (χ1v) is 8.75. The highest BCUT2D eigenvalue weighted by Crippen LogP contribution is 2.34. The van der Waals surface area contributed by atoms with Crippen LogP contribution in [0.2, 0.25) is 5.28 Å². The maximum atomic E-state index is 6.37. The number of fused-ring (bicyclic) bond motifs is 1. The summed E-state index contributed by atoms with van der Waals surface area (Å²) in [6, 6.07) is 10.1. The SMILES string of the molecule is Clc1nc2c(Sc3ccccc3)ncnc2n1C1CCCCO1. The van der Waals surface area contributed by atoms with Gasteiger partial charge in [-0.25, -0.2) is 15.0 Å². The van der Waals surface area contributed by atoms with Gasteiger partial charge in [-0.15, -0.1) is 0 Å². The van der Waals surface area contributed by atoms with Crippen LogP contribution in [-0.2, 0) is 4.74 Å². The van der Waals surface area contributed by atoms with E-state index in [0.717, 1.165) is 47.0 Å². The lowest BCUT2D eigenvalue weighted by molar-refractivity contribution is -0.0296. The van der Waals surface area contributed by atoms with Crippen molar-refractivity contribution in [3.8, 4) is 0 Å². The van der Waals surface area contributed by atoms with Crippen LogP contribution in [0.5, 0.6) is 0 Å². The summed E-state index contributed by atoms with van der Waals surface area (Å²) in [5, 5.41) is 1.21. The maximum absolute atomic E-state index is 6.37. The number of ether oxygens (including phenoxy) is 1. The molecule has 3 aromatic rings. The second-order valence-corrected chi connectivity index (χ2v) is 6.74. The van der Waals surface area contributed by atoms with Crippen molar-refractivity contribution in [1.82, 2.24) is 19.5 Å². The first-order chi connectivity index (χ1) is 11.3. The van der Waals surface area contributed by atoms with E-state index in [0.29, 0.717) is 5.28 Å². The van der Waals surface area contributed by atoms with Crippen molar-refractivity contribution in [1.29, 1.82) is 0 Å². The summed E-state index contributed by atoms with van der Waals surface area (Å²) >= 11 is 7.93. The fourth-order valence-corrected chi connectivity index (χ4v) is 3.84. The van der Waals surface area contributed by atoms with Crippen molar-refractivity contribution >= 4 is 34.5 Å². The molecule has 0 aliphatic carbocycles. The largest absolute Gasteiger partial charge is 0.358 e. The Labute approximate surface area is 143 Å². The number of imidazole rings is 1. The van der Waals surface area contributed by atoms with Gasteiger partial charge in [-0.1, -0.05) is 30.0 Å². The van der Waals surface area contributed by atoms with Crippen LogP contribution in [0.4, 0.5) is 0 Å². The van der Waals surface area contributed by atoms with Gasteiger partial charge in [-0.2, -0.15) is 0 Å². The molecule has 0 bridgehead atoms. The van der Waals surface area contributed by atoms with E-state index in [4.69, 9.17) is 16.3 Å². The normalized spacial score (nSPS) is 18.4. The van der Waals surface area contributed by atoms with Crippen molar-refractivity contribution < 1.29 is 4.74 Å². The Morgan fingerprint density at radius 2 is 2.04 bits per heavy atom. The molecule has 1 aliphatic rings. The molecule has 0 spiro atoms. The summed E-state index contributed by atoms with van der Waals surface area (Å²) in [6.45, 7) is 0.747. The summed E-state index contributed by atoms with van der Waals surface area (Å²) in [6.07, 6.45) is 4.61. The molecule has 23 heavy (non-hydrogen) atoms. The second kappa shape index (κ2) is 6.47. The van der Waals surface area contributed by atoms with E-state index in [2.05, 4.69) is 15.0 Å². The quantitative estimate of drug-likeness (QED) is 0.522. The number of nitrogens with zero attached hydrogens (tertiary/aromatic N) is 4. The molecule has 1 atom stereocenters. The van der Waals surface area contributed by atoms with Gasteiger partial charge in [0.2, 0.25) is 5.28 Å². The minimum absolute atomic E-state index is 0.0919. The van der Waals surface area contributed by atoms with Gasteiger partial charge in [0.05, 0.1) is 0 Å². The maximum Gasteiger partial charge on any atom is 0.207 e. The lowest BCUT2D eigenvalue weighted by atomic mass is 10.2. The van der Waals surface area contributed by atoms with Crippen LogP contribution in [0.1, 0.15) is 25.5 Å². The molecule has 5 nitrogen and oxygen atoms in total. The van der Waals surface area contributed by atoms with Crippen molar-refractivity contribution in [2.24, 2.45) is 0 Å². The summed E-state index contributed by atoms with van der Waals surface area (Å²) < 4.78 is 7.72. The minimum atomic E-state index is -0.0919. The predicted octanol–water partition coefficient (Wildman–Crippen LogP) is 4.33. The average molecular weight is 347 g/mol. The molecule has 1 unspecified atom stereocenters. The van der Waals surface area contributed by atoms with Crippen LogP contribution >= 0.6 is 23.4 Å². The summed E-state index contributed by atoms with van der Waals surface area (Å²) in [7, 11) is 0. The number of rotatable bonds is 3. The lowest BCUT2D eigenvalue weighted by Gasteiger charge is -2.24. The van der Waals surface area contributed by atoms with Crippen LogP contribution in [0, 0.1) is 0 Å². The van der Waals surface area contributed by atoms with Crippen molar-refractivity contribution in [3.05, 3.63) is 41.9 Å². The molecule has 118 valence electrons. The standard InChI is InChI=1S/C16H15ClN4OS/c17-16-20-13-14(21(16)12-8-4-5-9-22-12)18-10-19-15(13)23-11-6-2-1-3-7-11/h1-3,6-7,10,12H,4-5,8-9H2. The van der Waals surface area contributed by atoms with Crippen molar-refractivity contribution in [2.45, 2.75) is 35.4 Å². The molecule has 1 saturated heterocycles. The van der Waals surface area contributed by atoms with E-state index in [1.807, 2.05) is 34.9 Å². The van der Waals surface area contributed by atoms with Crippen molar-refractivity contribution in [3.63, 3.8) is 0 Å². The number of aromatic nitrogens is 4. The Morgan fingerprint density at radius 3 is 2.83 bits per heavy atom. The molecule has 1 fully saturated rings. The van der Waals surface area contributed by atoms with E-state index in [9.17, 15) is 0 Å². The summed E-state index contributed by atoms with van der Waals surface area (Å²) in [5.74, 6) is 0.